The van der Waals surface area contributed by atoms with Crippen molar-refractivity contribution in [2.24, 2.45) is 7.05 Å². The first-order chi connectivity index (χ1) is 9.63. The number of pyridine rings is 1. The first-order valence-corrected chi connectivity index (χ1v) is 6.25. The van der Waals surface area contributed by atoms with Crippen LogP contribution in [0.5, 0.6) is 0 Å². The molecule has 3 aromatic heterocycles. The second-order valence-corrected chi connectivity index (χ2v) is 4.69. The zero-order chi connectivity index (χ0) is 14.1. The van der Waals surface area contributed by atoms with E-state index < -0.39 is 0 Å². The van der Waals surface area contributed by atoms with Gasteiger partial charge in [0.2, 0.25) is 0 Å². The molecule has 0 bridgehead atoms. The van der Waals surface area contributed by atoms with Gasteiger partial charge in [-0.15, -0.1) is 0 Å². The van der Waals surface area contributed by atoms with Gasteiger partial charge < -0.3 is 5.73 Å². The third-order valence-electron chi connectivity index (χ3n) is 2.77. The number of aromatic nitrogens is 5. The third-order valence-corrected chi connectivity index (χ3v) is 2.99. The summed E-state index contributed by atoms with van der Waals surface area (Å²) in [5.41, 5.74) is 8.61. The Morgan fingerprint density at radius 1 is 1.10 bits per heavy atom. The van der Waals surface area contributed by atoms with Gasteiger partial charge in [0.05, 0.1) is 23.1 Å². The average Bonchev–Trinajstić information content (AvgIpc) is 2.87. The van der Waals surface area contributed by atoms with Crippen molar-refractivity contribution < 1.29 is 0 Å². The van der Waals surface area contributed by atoms with E-state index in [0.29, 0.717) is 27.9 Å². The van der Waals surface area contributed by atoms with Crippen molar-refractivity contribution in [3.8, 4) is 22.6 Å². The molecule has 0 aromatic carbocycles. The molecule has 2 N–H and O–H groups in total. The normalized spacial score (nSPS) is 10.7. The minimum atomic E-state index is 0.357. The quantitative estimate of drug-likeness (QED) is 0.781. The molecule has 7 heteroatoms. The molecule has 0 saturated carbocycles. The molecule has 0 aliphatic carbocycles. The Bertz CT molecular complexity index is 750. The Kier molecular flexibility index (Phi) is 3.08. The average molecular weight is 287 g/mol. The number of hydrogen-bond donors (Lipinski definition) is 1. The Balaban J connectivity index is 2.08. The Labute approximate surface area is 120 Å². The molecule has 0 saturated heterocycles. The summed E-state index contributed by atoms with van der Waals surface area (Å²) in [6.07, 6.45) is 6.68. The Hall–Kier alpha value is -2.47. The lowest BCUT2D eigenvalue weighted by Gasteiger charge is -2.05. The number of rotatable bonds is 2. The Morgan fingerprint density at radius 3 is 2.60 bits per heavy atom. The first-order valence-electron chi connectivity index (χ1n) is 5.87. The maximum atomic E-state index is 5.88. The van der Waals surface area contributed by atoms with E-state index >= 15 is 0 Å². The van der Waals surface area contributed by atoms with E-state index in [-0.39, 0.29) is 0 Å². The molecule has 0 radical (unpaired) electrons. The lowest BCUT2D eigenvalue weighted by Crippen LogP contribution is -1.99. The molecular weight excluding hydrogens is 276 g/mol. The fourth-order valence-corrected chi connectivity index (χ4v) is 1.92. The second kappa shape index (κ2) is 4.90. The lowest BCUT2D eigenvalue weighted by atomic mass is 10.2. The maximum Gasteiger partial charge on any atom is 0.150 e. The van der Waals surface area contributed by atoms with Crippen molar-refractivity contribution in [1.29, 1.82) is 0 Å². The highest BCUT2D eigenvalue weighted by Gasteiger charge is 2.11. The summed E-state index contributed by atoms with van der Waals surface area (Å²) in [6, 6.07) is 3.54. The molecule has 0 atom stereocenters. The highest BCUT2D eigenvalue weighted by Crippen LogP contribution is 2.24. The van der Waals surface area contributed by atoms with Crippen molar-refractivity contribution in [3.05, 3.63) is 41.9 Å². The van der Waals surface area contributed by atoms with Crippen LogP contribution < -0.4 is 5.73 Å². The number of halogens is 1. The van der Waals surface area contributed by atoms with Crippen LogP contribution in [-0.4, -0.2) is 24.7 Å². The van der Waals surface area contributed by atoms with Gasteiger partial charge in [0.1, 0.15) is 17.2 Å². The largest absolute Gasteiger partial charge is 0.382 e. The lowest BCUT2D eigenvalue weighted by molar-refractivity contribution is 0.768. The summed E-state index contributed by atoms with van der Waals surface area (Å²) in [5.74, 6) is 0.357. The molecule has 0 fully saturated rings. The zero-order valence-corrected chi connectivity index (χ0v) is 11.4. The minimum Gasteiger partial charge on any atom is -0.382 e. The van der Waals surface area contributed by atoms with Gasteiger partial charge in [0, 0.05) is 25.0 Å². The number of nitrogen functional groups attached to an aromatic ring is 1. The van der Waals surface area contributed by atoms with Crippen LogP contribution in [0.3, 0.4) is 0 Å². The maximum absolute atomic E-state index is 5.88. The predicted molar refractivity (Wildman–Crippen MR) is 76.9 cm³/mol. The summed E-state index contributed by atoms with van der Waals surface area (Å²) < 4.78 is 1.68. The van der Waals surface area contributed by atoms with Crippen LogP contribution in [0.25, 0.3) is 22.6 Å². The van der Waals surface area contributed by atoms with E-state index in [9.17, 15) is 0 Å². The number of hydrogen-bond acceptors (Lipinski definition) is 5. The molecule has 6 nitrogen and oxygen atoms in total. The van der Waals surface area contributed by atoms with Gasteiger partial charge in [-0.25, -0.2) is 9.97 Å². The molecular formula is C13H11ClN6. The molecule has 3 aromatic rings. The van der Waals surface area contributed by atoms with E-state index in [4.69, 9.17) is 17.3 Å². The van der Waals surface area contributed by atoms with Crippen molar-refractivity contribution in [3.63, 3.8) is 0 Å². The van der Waals surface area contributed by atoms with Crippen molar-refractivity contribution in [2.75, 3.05) is 5.73 Å². The molecule has 0 aliphatic rings. The van der Waals surface area contributed by atoms with Crippen molar-refractivity contribution in [1.82, 2.24) is 24.7 Å². The van der Waals surface area contributed by atoms with Crippen LogP contribution in [0.1, 0.15) is 0 Å². The standard InChI is InChI=1S/C13H11ClN6/c1-20-7-8(4-18-20)12-13(15)17-6-11(19-12)10-3-2-9(14)5-16-10/h2-7H,1H3,(H2,15,17). The third kappa shape index (κ3) is 2.33. The topological polar surface area (TPSA) is 82.5 Å². The van der Waals surface area contributed by atoms with E-state index in [0.717, 1.165) is 5.56 Å². The van der Waals surface area contributed by atoms with E-state index in [1.165, 1.54) is 0 Å². The zero-order valence-electron chi connectivity index (χ0n) is 10.7. The van der Waals surface area contributed by atoms with Gasteiger partial charge >= 0.3 is 0 Å². The van der Waals surface area contributed by atoms with Crippen LogP contribution in [0, 0.1) is 0 Å². The van der Waals surface area contributed by atoms with Gasteiger partial charge in [-0.1, -0.05) is 11.6 Å². The van der Waals surface area contributed by atoms with Crippen molar-refractivity contribution >= 4 is 17.4 Å². The molecule has 0 unspecified atom stereocenters. The van der Waals surface area contributed by atoms with Crippen molar-refractivity contribution in [2.45, 2.75) is 0 Å². The number of nitrogens with zero attached hydrogens (tertiary/aromatic N) is 5. The van der Waals surface area contributed by atoms with Crippen LogP contribution in [0.15, 0.2) is 36.9 Å². The highest BCUT2D eigenvalue weighted by atomic mass is 35.5. The molecule has 20 heavy (non-hydrogen) atoms. The van der Waals surface area contributed by atoms with Gasteiger partial charge in [-0.3, -0.25) is 9.67 Å². The summed E-state index contributed by atoms with van der Waals surface area (Å²) in [6.45, 7) is 0. The smallest absolute Gasteiger partial charge is 0.150 e. The first kappa shape index (κ1) is 12.6. The molecule has 100 valence electrons. The van der Waals surface area contributed by atoms with Crippen LogP contribution in [-0.2, 0) is 7.05 Å². The molecule has 3 rings (SSSR count). The van der Waals surface area contributed by atoms with Gasteiger partial charge in [-0.05, 0) is 12.1 Å². The molecule has 0 amide bonds. The van der Waals surface area contributed by atoms with E-state index in [2.05, 4.69) is 20.1 Å². The van der Waals surface area contributed by atoms with Crippen LogP contribution >= 0.6 is 11.6 Å². The predicted octanol–water partition coefficient (Wildman–Crippen LogP) is 2.17. The molecule has 0 spiro atoms. The molecule has 3 heterocycles. The highest BCUT2D eigenvalue weighted by molar-refractivity contribution is 6.30. The fourth-order valence-electron chi connectivity index (χ4n) is 1.81. The van der Waals surface area contributed by atoms with E-state index in [1.54, 1.807) is 35.4 Å². The van der Waals surface area contributed by atoms with Crippen LogP contribution in [0.2, 0.25) is 5.02 Å². The summed E-state index contributed by atoms with van der Waals surface area (Å²) in [7, 11) is 1.83. The minimum absolute atomic E-state index is 0.357. The SMILES string of the molecule is Cn1cc(-c2nc(-c3ccc(Cl)cn3)cnc2N)cn1. The number of aryl methyl sites for hydroxylation is 1. The van der Waals surface area contributed by atoms with E-state index in [1.807, 2.05) is 13.2 Å². The van der Waals surface area contributed by atoms with Crippen LogP contribution in [0.4, 0.5) is 5.82 Å². The second-order valence-electron chi connectivity index (χ2n) is 4.25. The summed E-state index contributed by atoms with van der Waals surface area (Å²) in [5, 5.41) is 4.68. The summed E-state index contributed by atoms with van der Waals surface area (Å²) in [4.78, 5) is 12.9. The monoisotopic (exact) mass is 286 g/mol. The fraction of sp³-hybridized carbons (Fsp3) is 0.0769. The van der Waals surface area contributed by atoms with Gasteiger partial charge in [0.25, 0.3) is 0 Å². The van der Waals surface area contributed by atoms with Gasteiger partial charge in [-0.2, -0.15) is 5.10 Å². The Morgan fingerprint density at radius 2 is 1.95 bits per heavy atom. The summed E-state index contributed by atoms with van der Waals surface area (Å²) >= 11 is 5.82. The van der Waals surface area contributed by atoms with Gasteiger partial charge in [0.15, 0.2) is 0 Å². The number of nitrogens with two attached hydrogens (primary N) is 1. The molecule has 0 aliphatic heterocycles. The number of anilines is 1.